The molecule has 20 aromatic rings. The minimum absolute atomic E-state index is 0.105. The Morgan fingerprint density at radius 3 is 0.933 bits per heavy atom. The van der Waals surface area contributed by atoms with Crippen LogP contribution in [-0.2, 0) is 32.5 Å². The maximum absolute atomic E-state index is 2.78. The largest absolute Gasteiger partial charge is 0.310 e. The number of fused-ring (bicyclic) bond motifs is 7. The Bertz CT molecular complexity index is 7750. The molecule has 0 spiro atoms. The van der Waals surface area contributed by atoms with Gasteiger partial charge in [-0.05, 0) is 285 Å². The van der Waals surface area contributed by atoms with Gasteiger partial charge in [0.1, 0.15) is 0 Å². The van der Waals surface area contributed by atoms with Crippen LogP contribution >= 0.6 is 0 Å². The normalized spacial score (nSPS) is 13.1. The summed E-state index contributed by atoms with van der Waals surface area (Å²) in [6.45, 7) is 42.2. The summed E-state index contributed by atoms with van der Waals surface area (Å²) in [5, 5.41) is 10.1. The molecule has 0 radical (unpaired) electrons. The molecule has 22 rings (SSSR count). The fourth-order valence-corrected chi connectivity index (χ4v) is 21.4. The quantitative estimate of drug-likeness (QED) is 0.0845. The second kappa shape index (κ2) is 32.1. The van der Waals surface area contributed by atoms with Gasteiger partial charge in [0.15, 0.2) is 0 Å². The molecule has 0 atom stereocenters. The maximum atomic E-state index is 2.78. The first-order chi connectivity index (χ1) is 64.7. The van der Waals surface area contributed by atoms with Crippen molar-refractivity contribution in [1.29, 1.82) is 0 Å². The Morgan fingerprint density at radius 1 is 0.215 bits per heavy atom. The third-order valence-corrected chi connectivity index (χ3v) is 29.0. The van der Waals surface area contributed by atoms with Crippen molar-refractivity contribution in [3.8, 4) is 83.6 Å². The molecular formula is C130H117BN4. The van der Waals surface area contributed by atoms with Crippen molar-refractivity contribution >= 4 is 128 Å². The van der Waals surface area contributed by atoms with E-state index in [4.69, 9.17) is 0 Å². The monoisotopic (exact) mass is 1740 g/mol. The Labute approximate surface area is 798 Å². The van der Waals surface area contributed by atoms with Crippen LogP contribution in [0.2, 0.25) is 0 Å². The summed E-state index contributed by atoms with van der Waals surface area (Å²) in [4.78, 5) is 8.11. The molecule has 0 saturated carbocycles. The Kier molecular flexibility index (Phi) is 20.5. The molecule has 135 heavy (non-hydrogen) atoms. The van der Waals surface area contributed by atoms with Crippen LogP contribution in [0.5, 0.6) is 0 Å². The Hall–Kier alpha value is -14.5. The van der Waals surface area contributed by atoms with E-state index in [-0.39, 0.29) is 39.2 Å². The number of aromatic nitrogens is 1. The molecule has 0 unspecified atom stereocenters. The molecule has 0 saturated heterocycles. The van der Waals surface area contributed by atoms with Gasteiger partial charge in [0.2, 0.25) is 0 Å². The van der Waals surface area contributed by atoms with Crippen LogP contribution in [-0.4, -0.2) is 11.3 Å². The van der Waals surface area contributed by atoms with Crippen molar-refractivity contribution in [3.05, 3.63) is 416 Å². The fourth-order valence-electron chi connectivity index (χ4n) is 21.4. The van der Waals surface area contributed by atoms with E-state index < -0.39 is 0 Å². The molecule has 0 aliphatic carbocycles. The van der Waals surface area contributed by atoms with Gasteiger partial charge in [0.25, 0.3) is 6.71 Å². The van der Waals surface area contributed by atoms with Crippen LogP contribution in [0.25, 0.3) is 138 Å². The minimum atomic E-state index is -0.376. The summed E-state index contributed by atoms with van der Waals surface area (Å²) >= 11 is 0. The smallest absolute Gasteiger partial charge is 0.252 e. The van der Waals surface area contributed by atoms with Crippen molar-refractivity contribution < 1.29 is 0 Å². The van der Waals surface area contributed by atoms with Gasteiger partial charge in [-0.1, -0.05) is 392 Å². The van der Waals surface area contributed by atoms with Gasteiger partial charge >= 0.3 is 0 Å². The van der Waals surface area contributed by atoms with E-state index in [2.05, 4.69) is 526 Å². The highest BCUT2D eigenvalue weighted by Gasteiger charge is 2.47. The van der Waals surface area contributed by atoms with Crippen molar-refractivity contribution in [1.82, 2.24) is 4.57 Å². The lowest BCUT2D eigenvalue weighted by Gasteiger charge is -2.46. The zero-order chi connectivity index (χ0) is 93.3. The molecule has 1 aromatic heterocycles. The molecule has 2 aliphatic heterocycles. The number of hydrogen-bond donors (Lipinski definition) is 0. The number of benzene rings is 19. The van der Waals surface area contributed by atoms with Crippen molar-refractivity contribution in [2.75, 3.05) is 14.7 Å². The second-order valence-corrected chi connectivity index (χ2v) is 44.2. The summed E-state index contributed by atoms with van der Waals surface area (Å²) in [5.41, 5.74) is 39.2. The first kappa shape index (κ1) is 85.9. The molecule has 0 amide bonds. The van der Waals surface area contributed by atoms with E-state index in [9.17, 15) is 0 Å². The molecule has 3 heterocycles. The number of rotatable bonds is 13. The first-order valence-corrected chi connectivity index (χ1v) is 48.4. The minimum Gasteiger partial charge on any atom is -0.310 e. The highest BCUT2D eigenvalue weighted by atomic mass is 15.2. The molecule has 2 aliphatic rings. The van der Waals surface area contributed by atoms with Crippen LogP contribution in [0.4, 0.5) is 51.2 Å². The molecule has 5 heteroatoms. The lowest BCUT2D eigenvalue weighted by Crippen LogP contribution is -2.61. The van der Waals surface area contributed by atoms with Gasteiger partial charge < -0.3 is 19.3 Å². The summed E-state index contributed by atoms with van der Waals surface area (Å²) in [6.07, 6.45) is 0. The molecule has 4 nitrogen and oxygen atoms in total. The number of hydrogen-bond acceptors (Lipinski definition) is 3. The summed E-state index contributed by atoms with van der Waals surface area (Å²) in [5.74, 6) is 0. The second-order valence-electron chi connectivity index (χ2n) is 44.2. The number of nitrogens with zero attached hydrogens (tertiary/aromatic N) is 4. The molecule has 0 fully saturated rings. The van der Waals surface area contributed by atoms with E-state index in [1.54, 1.807) is 0 Å². The van der Waals surface area contributed by atoms with Gasteiger partial charge in [0.05, 0.1) is 28.1 Å². The third kappa shape index (κ3) is 15.1. The average molecular weight is 1750 g/mol. The lowest BCUT2D eigenvalue weighted by molar-refractivity contribution is 0.590. The maximum Gasteiger partial charge on any atom is 0.252 e. The topological polar surface area (TPSA) is 14.7 Å². The molecule has 0 N–H and O–H groups in total. The van der Waals surface area contributed by atoms with E-state index in [1.807, 2.05) is 0 Å². The standard InChI is InChI=1S/C130H117BN4/c1-125(2,3)94-56-65-114-109(72-94)110-73-95(126(4,5)6)57-66-115(110)133(114)102-62-64-113-117(79-102)135(124-107(88-45-33-23-34-46-88)76-99(130(16,17)18)77-108(124)89-47-35-24-36-48-89)119-81-103(132(100-58-51-84(52-59-100)82-37-25-19-26-38-82)101-60-53-85(54-61-101)83-39-27-20-28-40-83)80-118-122(119)131(113)112-63-55-90(104-70-93-69-96(127(7,8)9)67-91-49-50-92-68-97(128(10,11)12)78-111(104)121(92)120(91)93)71-116(112)134(118)123-105(86-41-29-21-30-42-86)74-98(129(13,14)15)75-106(123)87-43-31-22-32-44-87/h19-81H,1-18H3. The van der Waals surface area contributed by atoms with Crippen molar-refractivity contribution in [2.45, 2.75) is 157 Å². The molecular weight excluding hydrogens is 1630 g/mol. The van der Waals surface area contributed by atoms with Crippen LogP contribution in [0.1, 0.15) is 158 Å². The van der Waals surface area contributed by atoms with E-state index in [0.717, 1.165) is 140 Å². The van der Waals surface area contributed by atoms with E-state index >= 15 is 0 Å². The molecule has 19 aromatic carbocycles. The fraction of sp³-hybridized carbons (Fsp3) is 0.185. The van der Waals surface area contributed by atoms with Gasteiger partial charge in [-0.25, -0.2) is 0 Å². The summed E-state index contributed by atoms with van der Waals surface area (Å²) < 4.78 is 2.59. The van der Waals surface area contributed by atoms with Gasteiger partial charge in [0, 0.05) is 72.8 Å². The lowest BCUT2D eigenvalue weighted by atomic mass is 9.33. The van der Waals surface area contributed by atoms with E-state index in [0.29, 0.717) is 0 Å². The van der Waals surface area contributed by atoms with Crippen LogP contribution in [0.15, 0.2) is 382 Å². The van der Waals surface area contributed by atoms with Crippen LogP contribution in [0.3, 0.4) is 0 Å². The predicted octanol–water partition coefficient (Wildman–Crippen LogP) is 34.7. The predicted molar refractivity (Wildman–Crippen MR) is 583 cm³/mol. The highest BCUT2D eigenvalue weighted by molar-refractivity contribution is 7.00. The van der Waals surface area contributed by atoms with Crippen molar-refractivity contribution in [2.24, 2.45) is 0 Å². The van der Waals surface area contributed by atoms with Crippen LogP contribution < -0.4 is 31.1 Å². The third-order valence-electron chi connectivity index (χ3n) is 29.0. The Morgan fingerprint density at radius 2 is 0.541 bits per heavy atom. The zero-order valence-electron chi connectivity index (χ0n) is 81.2. The highest BCUT2D eigenvalue weighted by Crippen LogP contribution is 2.58. The van der Waals surface area contributed by atoms with Gasteiger partial charge in [-0.15, -0.1) is 0 Å². The summed E-state index contributed by atoms with van der Waals surface area (Å²) in [7, 11) is 0. The first-order valence-electron chi connectivity index (χ1n) is 48.4. The summed E-state index contributed by atoms with van der Waals surface area (Å²) in [6, 6.07) is 148. The number of anilines is 9. The van der Waals surface area contributed by atoms with Gasteiger partial charge in [-0.2, -0.15) is 0 Å². The Balaban J connectivity index is 0.952. The average Bonchev–Trinajstić information content (AvgIpc) is 0.912. The van der Waals surface area contributed by atoms with Gasteiger partial charge in [-0.3, -0.25) is 0 Å². The van der Waals surface area contributed by atoms with E-state index in [1.165, 1.54) is 98.4 Å². The molecule has 0 bridgehead atoms. The zero-order valence-corrected chi connectivity index (χ0v) is 81.2. The van der Waals surface area contributed by atoms with Crippen molar-refractivity contribution in [3.63, 3.8) is 0 Å². The van der Waals surface area contributed by atoms with Crippen LogP contribution in [0, 0.1) is 0 Å². The molecule has 660 valence electrons. The SMILES string of the molecule is CC(C)(C)c1cc(-c2ccccc2)c(N2c3cc(-c4cc5cc(C(C)(C)C)cc6ccc7cc(C(C)(C)C)cc4c7c65)ccc3B3c4ccc(-n5c6ccc(C(C)(C)C)cc6c6cc(C(C)(C)C)ccc65)cc4N(c4c(-c5ccccc5)cc(C(C)(C)C)cc4-c4ccccc4)c4cc(N(c5ccc(-c6ccccc6)cc5)c5ccc(-c6ccccc6)cc5)cc2c43)c(-c2ccccc2)c1.